The summed E-state index contributed by atoms with van der Waals surface area (Å²) in [6.07, 6.45) is 2.06. The Morgan fingerprint density at radius 2 is 1.90 bits per heavy atom. The molecular formula is C20H15F3N4O2. The molecule has 0 spiro atoms. The summed E-state index contributed by atoms with van der Waals surface area (Å²) in [4.78, 5) is 20.8. The number of alkyl halides is 3. The Balaban J connectivity index is 1.82. The van der Waals surface area contributed by atoms with E-state index in [1.165, 1.54) is 37.8 Å². The highest BCUT2D eigenvalue weighted by atomic mass is 19.4. The number of hydrogen-bond donors (Lipinski definition) is 0. The minimum Gasteiger partial charge on any atom is -0.497 e. The quantitative estimate of drug-likeness (QED) is 0.673. The van der Waals surface area contributed by atoms with Gasteiger partial charge in [-0.2, -0.15) is 23.0 Å². The SMILES string of the molecule is COc1ccc(C(F)(F)F)c(C2=Cc3cnn(-c4ncccn4)c(=O)c3CC2)c1. The predicted octanol–water partition coefficient (Wildman–Crippen LogP) is 3.54. The fraction of sp³-hybridized carbons (Fsp3) is 0.200. The lowest BCUT2D eigenvalue weighted by molar-refractivity contribution is -0.137. The van der Waals surface area contributed by atoms with Crippen LogP contribution >= 0.6 is 0 Å². The highest BCUT2D eigenvalue weighted by molar-refractivity contribution is 5.85. The molecule has 2 heterocycles. The Morgan fingerprint density at radius 1 is 1.14 bits per heavy atom. The van der Waals surface area contributed by atoms with Gasteiger partial charge in [0.05, 0.1) is 18.9 Å². The molecule has 0 atom stereocenters. The molecule has 9 heteroatoms. The molecule has 3 aromatic rings. The molecule has 4 rings (SSSR count). The van der Waals surface area contributed by atoms with E-state index in [0.717, 1.165) is 10.7 Å². The molecule has 0 aliphatic heterocycles. The van der Waals surface area contributed by atoms with Crippen LogP contribution in [0.1, 0.15) is 28.7 Å². The van der Waals surface area contributed by atoms with Gasteiger partial charge in [0.25, 0.3) is 11.5 Å². The Labute approximate surface area is 163 Å². The molecule has 0 bridgehead atoms. The third-order valence-electron chi connectivity index (χ3n) is 4.71. The standard InChI is InChI=1S/C20H15F3N4O2/c1-29-14-4-6-17(20(21,22)23)16(10-14)12-3-5-15-13(9-12)11-26-27(18(15)28)19-24-7-2-8-25-19/h2,4,6-11H,3,5H2,1H3. The molecule has 0 saturated heterocycles. The average molecular weight is 400 g/mol. The van der Waals surface area contributed by atoms with Crippen molar-refractivity contribution in [3.8, 4) is 11.7 Å². The molecule has 2 aromatic heterocycles. The van der Waals surface area contributed by atoms with Gasteiger partial charge in [0.15, 0.2) is 0 Å². The van der Waals surface area contributed by atoms with Crippen molar-refractivity contribution < 1.29 is 17.9 Å². The number of halogens is 3. The lowest BCUT2D eigenvalue weighted by Crippen LogP contribution is -2.28. The Morgan fingerprint density at radius 3 is 2.59 bits per heavy atom. The second kappa shape index (κ2) is 7.16. The number of benzene rings is 1. The largest absolute Gasteiger partial charge is 0.497 e. The summed E-state index contributed by atoms with van der Waals surface area (Å²) in [6.45, 7) is 0. The predicted molar refractivity (Wildman–Crippen MR) is 99.6 cm³/mol. The van der Waals surface area contributed by atoms with Crippen molar-refractivity contribution in [1.82, 2.24) is 19.7 Å². The lowest BCUT2D eigenvalue weighted by Gasteiger charge is -2.20. The first kappa shape index (κ1) is 18.9. The summed E-state index contributed by atoms with van der Waals surface area (Å²) in [7, 11) is 1.40. The monoisotopic (exact) mass is 400 g/mol. The Bertz CT molecular complexity index is 1150. The van der Waals surface area contributed by atoms with Gasteiger partial charge in [-0.15, -0.1) is 0 Å². The van der Waals surface area contributed by atoms with E-state index in [2.05, 4.69) is 15.1 Å². The van der Waals surface area contributed by atoms with Crippen molar-refractivity contribution in [3.63, 3.8) is 0 Å². The van der Waals surface area contributed by atoms with Crippen LogP contribution in [0.25, 0.3) is 17.6 Å². The Hall–Kier alpha value is -3.49. The minimum atomic E-state index is -4.50. The second-order valence-corrected chi connectivity index (χ2v) is 6.42. The van der Waals surface area contributed by atoms with Crippen LogP contribution in [0.2, 0.25) is 0 Å². The van der Waals surface area contributed by atoms with Crippen LogP contribution in [0, 0.1) is 0 Å². The molecule has 6 nitrogen and oxygen atoms in total. The van der Waals surface area contributed by atoms with E-state index in [1.54, 1.807) is 12.1 Å². The highest BCUT2D eigenvalue weighted by Gasteiger charge is 2.34. The van der Waals surface area contributed by atoms with Crippen molar-refractivity contribution in [3.05, 3.63) is 75.5 Å². The third kappa shape index (κ3) is 3.51. The maximum absolute atomic E-state index is 13.5. The maximum atomic E-state index is 13.5. The van der Waals surface area contributed by atoms with Gasteiger partial charge in [-0.25, -0.2) is 9.97 Å². The minimum absolute atomic E-state index is 0.0399. The zero-order chi connectivity index (χ0) is 20.6. The normalized spacial score (nSPS) is 13.6. The number of aromatic nitrogens is 4. The second-order valence-electron chi connectivity index (χ2n) is 6.42. The van der Waals surface area contributed by atoms with Gasteiger partial charge in [0.2, 0.25) is 0 Å². The molecule has 0 unspecified atom stereocenters. The van der Waals surface area contributed by atoms with E-state index in [9.17, 15) is 18.0 Å². The Kier molecular flexibility index (Phi) is 4.65. The summed E-state index contributed by atoms with van der Waals surface area (Å²) in [6, 6.07) is 5.28. The molecule has 1 aliphatic carbocycles. The smallest absolute Gasteiger partial charge is 0.417 e. The molecule has 0 saturated carbocycles. The van der Waals surface area contributed by atoms with Crippen LogP contribution in [0.4, 0.5) is 13.2 Å². The fourth-order valence-corrected chi connectivity index (χ4v) is 3.32. The van der Waals surface area contributed by atoms with E-state index >= 15 is 0 Å². The number of nitrogens with zero attached hydrogens (tertiary/aromatic N) is 4. The zero-order valence-corrected chi connectivity index (χ0v) is 15.3. The first-order valence-corrected chi connectivity index (χ1v) is 8.73. The number of methoxy groups -OCH3 is 1. The van der Waals surface area contributed by atoms with Gasteiger partial charge in [0.1, 0.15) is 5.75 Å². The maximum Gasteiger partial charge on any atom is 0.417 e. The van der Waals surface area contributed by atoms with Crippen LogP contribution < -0.4 is 10.3 Å². The molecule has 0 fully saturated rings. The summed E-state index contributed by atoms with van der Waals surface area (Å²) < 4.78 is 46.7. The lowest BCUT2D eigenvalue weighted by atomic mass is 9.88. The van der Waals surface area contributed by atoms with E-state index in [-0.39, 0.29) is 29.9 Å². The molecular weight excluding hydrogens is 385 g/mol. The van der Waals surface area contributed by atoms with Crippen molar-refractivity contribution in [1.29, 1.82) is 0 Å². The number of ether oxygens (including phenoxy) is 1. The van der Waals surface area contributed by atoms with E-state index < -0.39 is 11.7 Å². The number of fused-ring (bicyclic) bond motifs is 1. The van der Waals surface area contributed by atoms with Gasteiger partial charge >= 0.3 is 6.18 Å². The molecule has 1 aromatic carbocycles. The number of allylic oxidation sites excluding steroid dienone is 1. The number of hydrogen-bond acceptors (Lipinski definition) is 5. The van der Waals surface area contributed by atoms with Crippen molar-refractivity contribution in [2.45, 2.75) is 19.0 Å². The van der Waals surface area contributed by atoms with Crippen LogP contribution in [0.15, 0.2) is 47.7 Å². The summed E-state index contributed by atoms with van der Waals surface area (Å²) in [5, 5.41) is 4.08. The first-order valence-electron chi connectivity index (χ1n) is 8.73. The number of rotatable bonds is 3. The van der Waals surface area contributed by atoms with Crippen LogP contribution in [-0.4, -0.2) is 26.9 Å². The summed E-state index contributed by atoms with van der Waals surface area (Å²) in [5.41, 5.74) is 0.335. The molecule has 0 amide bonds. The molecule has 0 radical (unpaired) electrons. The van der Waals surface area contributed by atoms with Crippen molar-refractivity contribution >= 4 is 11.6 Å². The zero-order valence-electron chi connectivity index (χ0n) is 15.3. The van der Waals surface area contributed by atoms with Crippen molar-refractivity contribution in [2.24, 2.45) is 0 Å². The molecule has 148 valence electrons. The summed E-state index contributed by atoms with van der Waals surface area (Å²) >= 11 is 0. The summed E-state index contributed by atoms with van der Waals surface area (Å²) in [5.74, 6) is 0.469. The molecule has 0 N–H and O–H groups in total. The van der Waals surface area contributed by atoms with Crippen molar-refractivity contribution in [2.75, 3.05) is 7.11 Å². The van der Waals surface area contributed by atoms with Gasteiger partial charge in [0, 0.05) is 23.5 Å². The first-order chi connectivity index (χ1) is 13.9. The topological polar surface area (TPSA) is 69.9 Å². The molecule has 29 heavy (non-hydrogen) atoms. The van der Waals surface area contributed by atoms with E-state index in [4.69, 9.17) is 4.74 Å². The van der Waals surface area contributed by atoms with Gasteiger partial charge in [-0.05, 0) is 54.3 Å². The average Bonchev–Trinajstić information content (AvgIpc) is 2.73. The van der Waals surface area contributed by atoms with Gasteiger partial charge < -0.3 is 4.74 Å². The van der Waals surface area contributed by atoms with E-state index in [0.29, 0.717) is 22.4 Å². The van der Waals surface area contributed by atoms with Crippen LogP contribution in [0.5, 0.6) is 5.75 Å². The molecule has 1 aliphatic rings. The third-order valence-corrected chi connectivity index (χ3v) is 4.71. The van der Waals surface area contributed by atoms with Crippen LogP contribution in [0.3, 0.4) is 0 Å². The van der Waals surface area contributed by atoms with E-state index in [1.807, 2.05) is 0 Å². The van der Waals surface area contributed by atoms with Crippen LogP contribution in [-0.2, 0) is 12.6 Å². The van der Waals surface area contributed by atoms with Gasteiger partial charge in [-0.3, -0.25) is 4.79 Å². The van der Waals surface area contributed by atoms with Gasteiger partial charge in [-0.1, -0.05) is 0 Å². The fourth-order valence-electron chi connectivity index (χ4n) is 3.32. The highest BCUT2D eigenvalue weighted by Crippen LogP contribution is 2.40.